The lowest BCUT2D eigenvalue weighted by Crippen LogP contribution is -2.27. The van der Waals surface area contributed by atoms with Crippen molar-refractivity contribution in [2.24, 2.45) is 12.0 Å². The Morgan fingerprint density at radius 1 is 1.31 bits per heavy atom. The Labute approximate surface area is 205 Å². The summed E-state index contributed by atoms with van der Waals surface area (Å²) in [5.74, 6) is -0.237. The fourth-order valence-electron chi connectivity index (χ4n) is 3.68. The normalized spacial score (nSPS) is 16.4. The van der Waals surface area contributed by atoms with Crippen molar-refractivity contribution in [3.8, 4) is 11.1 Å². The number of fused-ring (bicyclic) bond motifs is 1. The molecular weight excluding hydrogens is 472 g/mol. The fraction of sp³-hybridized carbons (Fsp3) is 0.217. The van der Waals surface area contributed by atoms with Gasteiger partial charge in [0.2, 0.25) is 0 Å². The van der Waals surface area contributed by atoms with Crippen molar-refractivity contribution in [1.29, 1.82) is 0 Å². The zero-order valence-corrected chi connectivity index (χ0v) is 19.8. The highest BCUT2D eigenvalue weighted by Gasteiger charge is 2.26. The average Bonchev–Trinajstić information content (AvgIpc) is 3.59. The highest BCUT2D eigenvalue weighted by atomic mass is 35.5. The second-order valence-corrected chi connectivity index (χ2v) is 8.27. The minimum atomic E-state index is -0.502. The van der Waals surface area contributed by atoms with Crippen molar-refractivity contribution < 1.29 is 14.3 Å². The second-order valence-electron chi connectivity index (χ2n) is 7.87. The van der Waals surface area contributed by atoms with E-state index >= 15 is 0 Å². The monoisotopic (exact) mass is 494 g/mol. The second kappa shape index (κ2) is 9.74. The molecule has 1 aliphatic rings. The fourth-order valence-corrected chi connectivity index (χ4v) is 3.90. The van der Waals surface area contributed by atoms with E-state index in [-0.39, 0.29) is 11.9 Å². The molecule has 4 aromatic rings. The molecule has 4 heterocycles. The summed E-state index contributed by atoms with van der Waals surface area (Å²) in [6.45, 7) is 0.842. The smallest absolute Gasteiger partial charge is 0.306 e. The number of pyridine rings is 1. The van der Waals surface area contributed by atoms with Crippen molar-refractivity contribution in [1.82, 2.24) is 35.9 Å². The molecule has 1 unspecified atom stereocenters. The number of nitrogens with zero attached hydrogens (tertiary/aromatic N) is 4. The molecule has 1 amide bonds. The molecule has 12 heteroatoms. The molecule has 0 bridgehead atoms. The molecule has 0 aliphatic carbocycles. The summed E-state index contributed by atoms with van der Waals surface area (Å²) in [5.41, 5.74) is 10.4. The number of hydrogen-bond donors (Lipinski definition) is 4. The third kappa shape index (κ3) is 4.83. The first-order valence-corrected chi connectivity index (χ1v) is 11.2. The molecular formula is C23H23ClN8O3. The van der Waals surface area contributed by atoms with Crippen molar-refractivity contribution in [3.63, 3.8) is 0 Å². The molecule has 35 heavy (non-hydrogen) atoms. The van der Waals surface area contributed by atoms with Gasteiger partial charge in [0.15, 0.2) is 6.23 Å². The van der Waals surface area contributed by atoms with Crippen molar-refractivity contribution in [2.45, 2.75) is 6.23 Å². The van der Waals surface area contributed by atoms with Crippen LogP contribution in [0.15, 0.2) is 54.0 Å². The van der Waals surface area contributed by atoms with Crippen LogP contribution in [0.5, 0.6) is 0 Å². The molecule has 0 spiro atoms. The van der Waals surface area contributed by atoms with E-state index in [0.29, 0.717) is 29.4 Å². The van der Waals surface area contributed by atoms with E-state index in [4.69, 9.17) is 21.1 Å². The van der Waals surface area contributed by atoms with E-state index in [1.165, 1.54) is 0 Å². The molecule has 0 saturated carbocycles. The quantitative estimate of drug-likeness (QED) is 0.290. The number of carbonyl (C=O) groups excluding carboxylic acids is 1. The number of H-pyrrole nitrogens is 1. The van der Waals surface area contributed by atoms with Crippen molar-refractivity contribution in [2.75, 3.05) is 20.3 Å². The Morgan fingerprint density at radius 3 is 2.97 bits per heavy atom. The van der Waals surface area contributed by atoms with Crippen molar-refractivity contribution >= 4 is 40.3 Å². The topological polar surface area (TPSA) is 130 Å². The highest BCUT2D eigenvalue weighted by Crippen LogP contribution is 2.31. The SMILES string of the molecule is COCCNC(=O)c1ccc(N=C2NNC(c3c[nH]c4ncc(-c5cnn(C)c5)cc34)O2)c(Cl)c1. The van der Waals surface area contributed by atoms with Gasteiger partial charge in [-0.15, -0.1) is 0 Å². The van der Waals surface area contributed by atoms with Gasteiger partial charge in [-0.3, -0.25) is 14.9 Å². The summed E-state index contributed by atoms with van der Waals surface area (Å²) in [6.07, 6.45) is 6.88. The van der Waals surface area contributed by atoms with Gasteiger partial charge in [-0.25, -0.2) is 4.98 Å². The summed E-state index contributed by atoms with van der Waals surface area (Å²) >= 11 is 6.37. The molecule has 1 aliphatic heterocycles. The zero-order valence-electron chi connectivity index (χ0n) is 19.0. The number of aromatic nitrogens is 4. The number of nitrogens with one attached hydrogen (secondary N) is 4. The summed E-state index contributed by atoms with van der Waals surface area (Å²) in [4.78, 5) is 24.3. The summed E-state index contributed by atoms with van der Waals surface area (Å²) in [5, 5.41) is 8.22. The number of benzene rings is 1. The first-order chi connectivity index (χ1) is 17.0. The van der Waals surface area contributed by atoms with E-state index in [9.17, 15) is 4.79 Å². The Bertz CT molecular complexity index is 1410. The van der Waals surface area contributed by atoms with Gasteiger partial charge in [0.05, 0.1) is 23.5 Å². The Morgan fingerprint density at radius 2 is 2.20 bits per heavy atom. The van der Waals surface area contributed by atoms with Crippen LogP contribution in [0, 0.1) is 0 Å². The van der Waals surface area contributed by atoms with Crippen LogP contribution in [0.2, 0.25) is 5.02 Å². The number of amidine groups is 1. The summed E-state index contributed by atoms with van der Waals surface area (Å²) in [7, 11) is 3.45. The van der Waals surface area contributed by atoms with Crippen molar-refractivity contribution in [3.05, 3.63) is 65.2 Å². The van der Waals surface area contributed by atoms with Crippen LogP contribution in [0.4, 0.5) is 5.69 Å². The summed E-state index contributed by atoms with van der Waals surface area (Å²) < 4.78 is 12.7. The predicted octanol–water partition coefficient (Wildman–Crippen LogP) is 2.80. The van der Waals surface area contributed by atoms with Crippen LogP contribution in [0.3, 0.4) is 0 Å². The number of methoxy groups -OCH3 is 1. The number of ether oxygens (including phenoxy) is 2. The molecule has 1 aromatic carbocycles. The zero-order chi connectivity index (χ0) is 24.4. The number of amides is 1. The minimum Gasteiger partial charge on any atom is -0.439 e. The van der Waals surface area contributed by atoms with Gasteiger partial charge in [-0.1, -0.05) is 11.6 Å². The minimum absolute atomic E-state index is 0.237. The number of aromatic amines is 1. The van der Waals surface area contributed by atoms with E-state index < -0.39 is 6.23 Å². The van der Waals surface area contributed by atoms with E-state index in [0.717, 1.165) is 27.7 Å². The molecule has 4 N–H and O–H groups in total. The average molecular weight is 495 g/mol. The number of halogens is 1. The maximum Gasteiger partial charge on any atom is 0.306 e. The first kappa shape index (κ1) is 22.8. The van der Waals surface area contributed by atoms with Crippen LogP contribution < -0.4 is 16.2 Å². The molecule has 1 fully saturated rings. The van der Waals surface area contributed by atoms with Crippen LogP contribution in [-0.2, 0) is 16.5 Å². The van der Waals surface area contributed by atoms with Crippen LogP contribution in [0.25, 0.3) is 22.2 Å². The number of hydrogen-bond acceptors (Lipinski definition) is 7. The Balaban J connectivity index is 1.32. The maximum absolute atomic E-state index is 12.2. The first-order valence-electron chi connectivity index (χ1n) is 10.8. The molecule has 3 aromatic heterocycles. The van der Waals surface area contributed by atoms with Gasteiger partial charge in [0.1, 0.15) is 5.65 Å². The lowest BCUT2D eigenvalue weighted by atomic mass is 10.1. The number of aliphatic imine (C=N–C) groups is 1. The van der Waals surface area contributed by atoms with E-state index in [2.05, 4.69) is 36.2 Å². The molecule has 1 saturated heterocycles. The largest absolute Gasteiger partial charge is 0.439 e. The highest BCUT2D eigenvalue weighted by molar-refractivity contribution is 6.33. The molecule has 180 valence electrons. The lowest BCUT2D eigenvalue weighted by Gasteiger charge is -2.08. The van der Waals surface area contributed by atoms with Gasteiger partial charge < -0.3 is 19.8 Å². The Hall–Kier alpha value is -3.93. The third-order valence-corrected chi connectivity index (χ3v) is 5.75. The van der Waals surface area contributed by atoms with Gasteiger partial charge in [-0.05, 0) is 24.3 Å². The molecule has 0 radical (unpaired) electrons. The molecule has 1 atom stereocenters. The number of aryl methyl sites for hydroxylation is 1. The van der Waals surface area contributed by atoms with Crippen LogP contribution in [-0.4, -0.2) is 51.9 Å². The number of hydrazine groups is 1. The van der Waals surface area contributed by atoms with E-state index in [1.807, 2.05) is 25.5 Å². The Kier molecular flexibility index (Phi) is 6.36. The van der Waals surface area contributed by atoms with Gasteiger partial charge in [0.25, 0.3) is 5.91 Å². The lowest BCUT2D eigenvalue weighted by molar-refractivity contribution is 0.0937. The maximum atomic E-state index is 12.2. The number of rotatable bonds is 7. The standard InChI is InChI=1S/C23H23ClN8O3/c1-32-12-15(10-28-32)14-7-16-17(11-27-20(16)26-9-14)22-30-31-23(35-22)29-19-4-3-13(8-18(19)24)21(33)25-5-6-34-2/h3-4,7-12,22,30H,5-6H2,1-2H3,(H,25,33)(H,26,27)(H,29,31). The van der Waals surface area contributed by atoms with Crippen LogP contribution >= 0.6 is 11.6 Å². The van der Waals surface area contributed by atoms with Crippen LogP contribution in [0.1, 0.15) is 22.1 Å². The van der Waals surface area contributed by atoms with E-state index in [1.54, 1.807) is 42.4 Å². The van der Waals surface area contributed by atoms with Gasteiger partial charge >= 0.3 is 6.02 Å². The third-order valence-electron chi connectivity index (χ3n) is 5.45. The molecule has 11 nitrogen and oxygen atoms in total. The summed E-state index contributed by atoms with van der Waals surface area (Å²) in [6, 6.07) is 7.17. The van der Waals surface area contributed by atoms with Gasteiger partial charge in [0, 0.05) is 66.9 Å². The van der Waals surface area contributed by atoms with Gasteiger partial charge in [-0.2, -0.15) is 15.5 Å². The molecule has 5 rings (SSSR count). The number of carbonyl (C=O) groups is 1. The predicted molar refractivity (Wildman–Crippen MR) is 131 cm³/mol.